The number of halogens is 1. The number of nitrogens with zero attached hydrogens (tertiary/aromatic N) is 3. The highest BCUT2D eigenvalue weighted by atomic mass is 19.1. The number of carbonyl (C=O) groups is 1. The van der Waals surface area contributed by atoms with Gasteiger partial charge in [-0.05, 0) is 37.1 Å². The number of rotatable bonds is 5. The highest BCUT2D eigenvalue weighted by molar-refractivity contribution is 5.92. The van der Waals surface area contributed by atoms with Crippen LogP contribution in [0.5, 0.6) is 0 Å². The van der Waals surface area contributed by atoms with E-state index in [1.807, 2.05) is 0 Å². The lowest BCUT2D eigenvalue weighted by molar-refractivity contribution is 0.0701. The zero-order valence-electron chi connectivity index (χ0n) is 11.4. The van der Waals surface area contributed by atoms with Gasteiger partial charge < -0.3 is 10.0 Å². The molecule has 1 aliphatic carbocycles. The van der Waals surface area contributed by atoms with Crippen LogP contribution in [0.15, 0.2) is 36.5 Å². The van der Waals surface area contributed by atoms with E-state index in [0.29, 0.717) is 17.9 Å². The van der Waals surface area contributed by atoms with Crippen LogP contribution in [0.25, 0.3) is 5.69 Å². The maximum Gasteiger partial charge on any atom is 0.274 e. The molecule has 0 radical (unpaired) electrons. The molecule has 0 saturated heterocycles. The number of aliphatic hydroxyl groups is 1. The van der Waals surface area contributed by atoms with Crippen molar-refractivity contribution in [2.45, 2.75) is 18.9 Å². The lowest BCUT2D eigenvalue weighted by atomic mass is 10.3. The van der Waals surface area contributed by atoms with Gasteiger partial charge in [-0.3, -0.25) is 4.79 Å². The van der Waals surface area contributed by atoms with Crippen molar-refractivity contribution in [3.05, 3.63) is 48.0 Å². The van der Waals surface area contributed by atoms with Crippen molar-refractivity contribution in [1.29, 1.82) is 0 Å². The Morgan fingerprint density at radius 2 is 2.24 bits per heavy atom. The molecule has 0 bridgehead atoms. The summed E-state index contributed by atoms with van der Waals surface area (Å²) in [4.78, 5) is 14.0. The van der Waals surface area contributed by atoms with E-state index < -0.39 is 0 Å². The molecular weight excluding hydrogens is 273 g/mol. The largest absolute Gasteiger partial charge is 0.395 e. The molecule has 1 aromatic carbocycles. The van der Waals surface area contributed by atoms with Gasteiger partial charge in [-0.2, -0.15) is 5.10 Å². The lowest BCUT2D eigenvalue weighted by Crippen LogP contribution is -2.35. The molecule has 1 aromatic heterocycles. The number of carbonyl (C=O) groups excluding carboxylic acids is 1. The summed E-state index contributed by atoms with van der Waals surface area (Å²) >= 11 is 0. The van der Waals surface area contributed by atoms with Crippen LogP contribution in [-0.2, 0) is 0 Å². The minimum absolute atomic E-state index is 0.0627. The van der Waals surface area contributed by atoms with E-state index in [1.165, 1.54) is 16.8 Å². The Balaban J connectivity index is 1.82. The van der Waals surface area contributed by atoms with Crippen LogP contribution in [0.4, 0.5) is 4.39 Å². The van der Waals surface area contributed by atoms with Crippen molar-refractivity contribution in [3.63, 3.8) is 0 Å². The smallest absolute Gasteiger partial charge is 0.274 e. The van der Waals surface area contributed by atoms with Crippen molar-refractivity contribution in [1.82, 2.24) is 14.7 Å². The molecule has 1 aliphatic rings. The molecule has 1 fully saturated rings. The van der Waals surface area contributed by atoms with Gasteiger partial charge in [-0.15, -0.1) is 0 Å². The van der Waals surface area contributed by atoms with Crippen LogP contribution in [0.1, 0.15) is 23.3 Å². The van der Waals surface area contributed by atoms with Gasteiger partial charge in [0, 0.05) is 18.8 Å². The average molecular weight is 289 g/mol. The minimum atomic E-state index is -0.351. The first kappa shape index (κ1) is 13.8. The zero-order chi connectivity index (χ0) is 14.8. The van der Waals surface area contributed by atoms with E-state index in [4.69, 9.17) is 5.11 Å². The molecule has 1 amide bonds. The highest BCUT2D eigenvalue weighted by Crippen LogP contribution is 2.27. The molecule has 0 aliphatic heterocycles. The molecule has 6 heteroatoms. The molecule has 0 atom stereocenters. The molecule has 1 heterocycles. The van der Waals surface area contributed by atoms with Crippen LogP contribution in [-0.4, -0.2) is 44.9 Å². The minimum Gasteiger partial charge on any atom is -0.395 e. The Hall–Kier alpha value is -2.21. The van der Waals surface area contributed by atoms with Crippen LogP contribution in [0.2, 0.25) is 0 Å². The first-order chi connectivity index (χ1) is 10.2. The maximum atomic E-state index is 13.2. The van der Waals surface area contributed by atoms with Gasteiger partial charge in [0.1, 0.15) is 5.82 Å². The predicted molar refractivity (Wildman–Crippen MR) is 74.7 cm³/mol. The standard InChI is InChI=1S/C15H16FN3O2/c16-11-2-1-3-13(10-11)19-7-6-14(17-19)15(21)18(8-9-20)12-4-5-12/h1-3,6-7,10,12,20H,4-5,8-9H2. The monoisotopic (exact) mass is 289 g/mol. The third-order valence-corrected chi connectivity index (χ3v) is 3.47. The van der Waals surface area contributed by atoms with E-state index in [1.54, 1.807) is 29.3 Å². The molecule has 0 unspecified atom stereocenters. The second kappa shape index (κ2) is 5.65. The summed E-state index contributed by atoms with van der Waals surface area (Å²) in [6.07, 6.45) is 3.57. The van der Waals surface area contributed by atoms with Crippen LogP contribution in [0, 0.1) is 5.82 Å². The van der Waals surface area contributed by atoms with E-state index in [2.05, 4.69) is 5.10 Å². The molecule has 5 nitrogen and oxygen atoms in total. The number of hydrogen-bond donors (Lipinski definition) is 1. The van der Waals surface area contributed by atoms with Crippen LogP contribution in [0.3, 0.4) is 0 Å². The lowest BCUT2D eigenvalue weighted by Gasteiger charge is -2.19. The van der Waals surface area contributed by atoms with Crippen LogP contribution < -0.4 is 0 Å². The van der Waals surface area contributed by atoms with Crippen LogP contribution >= 0.6 is 0 Å². The number of hydrogen-bond acceptors (Lipinski definition) is 3. The van der Waals surface area contributed by atoms with Gasteiger partial charge in [0.2, 0.25) is 0 Å². The molecule has 2 aromatic rings. The van der Waals surface area contributed by atoms with E-state index in [-0.39, 0.29) is 24.4 Å². The summed E-state index contributed by atoms with van der Waals surface area (Å²) in [6, 6.07) is 7.85. The fourth-order valence-corrected chi connectivity index (χ4v) is 2.29. The van der Waals surface area contributed by atoms with E-state index in [0.717, 1.165) is 12.8 Å². The van der Waals surface area contributed by atoms with Gasteiger partial charge in [0.15, 0.2) is 5.69 Å². The Morgan fingerprint density at radius 1 is 1.43 bits per heavy atom. The molecular formula is C15H16FN3O2. The first-order valence-electron chi connectivity index (χ1n) is 6.92. The zero-order valence-corrected chi connectivity index (χ0v) is 11.4. The Labute approximate surface area is 121 Å². The van der Waals surface area contributed by atoms with Crippen molar-refractivity contribution >= 4 is 5.91 Å². The Morgan fingerprint density at radius 3 is 2.90 bits per heavy atom. The van der Waals surface area contributed by atoms with Gasteiger partial charge in [-0.25, -0.2) is 9.07 Å². The van der Waals surface area contributed by atoms with Gasteiger partial charge >= 0.3 is 0 Å². The summed E-state index contributed by atoms with van der Waals surface area (Å²) in [7, 11) is 0. The first-order valence-corrected chi connectivity index (χ1v) is 6.92. The highest BCUT2D eigenvalue weighted by Gasteiger charge is 2.33. The Bertz CT molecular complexity index is 652. The SMILES string of the molecule is O=C(c1ccn(-c2cccc(F)c2)n1)N(CCO)C1CC1. The van der Waals surface area contributed by atoms with Crippen molar-refractivity contribution in [3.8, 4) is 5.69 Å². The van der Waals surface area contributed by atoms with E-state index >= 15 is 0 Å². The number of amides is 1. The average Bonchev–Trinajstić information content (AvgIpc) is 3.20. The number of benzene rings is 1. The quantitative estimate of drug-likeness (QED) is 0.909. The van der Waals surface area contributed by atoms with E-state index in [9.17, 15) is 9.18 Å². The fraction of sp³-hybridized carbons (Fsp3) is 0.333. The van der Waals surface area contributed by atoms with Gasteiger partial charge in [0.25, 0.3) is 5.91 Å². The summed E-state index contributed by atoms with van der Waals surface area (Å²) < 4.78 is 14.7. The van der Waals surface area contributed by atoms with Gasteiger partial charge in [0.05, 0.1) is 12.3 Å². The molecule has 1 N–H and O–H groups in total. The predicted octanol–water partition coefficient (Wildman–Crippen LogP) is 1.61. The summed E-state index contributed by atoms with van der Waals surface area (Å²) in [5, 5.41) is 13.3. The van der Waals surface area contributed by atoms with Crippen molar-refractivity contribution in [2.24, 2.45) is 0 Å². The molecule has 0 spiro atoms. The Kier molecular flexibility index (Phi) is 3.70. The molecule has 110 valence electrons. The number of aliphatic hydroxyl groups excluding tert-OH is 1. The number of aromatic nitrogens is 2. The second-order valence-corrected chi connectivity index (χ2v) is 5.08. The van der Waals surface area contributed by atoms with Crippen molar-refractivity contribution < 1.29 is 14.3 Å². The maximum absolute atomic E-state index is 13.2. The summed E-state index contributed by atoms with van der Waals surface area (Å²) in [5.74, 6) is -0.544. The second-order valence-electron chi connectivity index (χ2n) is 5.08. The summed E-state index contributed by atoms with van der Waals surface area (Å²) in [6.45, 7) is 0.253. The fourth-order valence-electron chi connectivity index (χ4n) is 2.29. The normalized spacial score (nSPS) is 14.2. The third kappa shape index (κ3) is 2.95. The molecule has 1 saturated carbocycles. The topological polar surface area (TPSA) is 58.4 Å². The summed E-state index contributed by atoms with van der Waals surface area (Å²) in [5.41, 5.74) is 0.869. The molecule has 3 rings (SSSR count). The molecule has 21 heavy (non-hydrogen) atoms. The van der Waals surface area contributed by atoms with Gasteiger partial charge in [-0.1, -0.05) is 6.07 Å². The van der Waals surface area contributed by atoms with Crippen molar-refractivity contribution in [2.75, 3.05) is 13.2 Å². The third-order valence-electron chi connectivity index (χ3n) is 3.47.